The van der Waals surface area contributed by atoms with Crippen molar-refractivity contribution in [2.24, 2.45) is 11.8 Å². The highest BCUT2D eigenvalue weighted by Gasteiger charge is 2.32. The van der Waals surface area contributed by atoms with Crippen LogP contribution in [0.25, 0.3) is 0 Å². The SMILES string of the molecule is OCc1ccccc1NC1CCCCC1C1CCCCC1. The number of hydrogen-bond acceptors (Lipinski definition) is 2. The first-order chi connectivity index (χ1) is 10.4. The van der Waals surface area contributed by atoms with Crippen molar-refractivity contribution < 1.29 is 5.11 Å². The third-order valence-electron chi connectivity index (χ3n) is 5.60. The fourth-order valence-electron chi connectivity index (χ4n) is 4.46. The molecular weight excluding hydrogens is 258 g/mol. The second kappa shape index (κ2) is 7.31. The fourth-order valence-corrected chi connectivity index (χ4v) is 4.46. The average Bonchev–Trinajstić information content (AvgIpc) is 2.57. The van der Waals surface area contributed by atoms with Gasteiger partial charge in [0.25, 0.3) is 0 Å². The monoisotopic (exact) mass is 287 g/mol. The van der Waals surface area contributed by atoms with Crippen LogP contribution in [0.1, 0.15) is 63.4 Å². The maximum Gasteiger partial charge on any atom is 0.0701 e. The second-order valence-corrected chi connectivity index (χ2v) is 6.91. The molecule has 2 fully saturated rings. The van der Waals surface area contributed by atoms with Crippen LogP contribution in [0.3, 0.4) is 0 Å². The molecule has 0 saturated heterocycles. The summed E-state index contributed by atoms with van der Waals surface area (Å²) in [6, 6.07) is 8.84. The molecule has 0 aromatic heterocycles. The average molecular weight is 287 g/mol. The standard InChI is InChI=1S/C19H29NO/c21-14-16-10-4-6-12-18(16)20-19-13-7-5-11-17(19)15-8-2-1-3-9-15/h4,6,10,12,15,17,19-21H,1-3,5,7-9,11,13-14H2. The molecule has 2 aliphatic rings. The van der Waals surface area contributed by atoms with Crippen LogP contribution in [0.4, 0.5) is 5.69 Å². The summed E-state index contributed by atoms with van der Waals surface area (Å²) < 4.78 is 0. The van der Waals surface area contributed by atoms with Crippen LogP contribution < -0.4 is 5.32 Å². The van der Waals surface area contributed by atoms with E-state index < -0.39 is 0 Å². The Balaban J connectivity index is 1.71. The van der Waals surface area contributed by atoms with Crippen LogP contribution in [0.15, 0.2) is 24.3 Å². The fraction of sp³-hybridized carbons (Fsp3) is 0.684. The number of anilines is 1. The molecule has 2 unspecified atom stereocenters. The summed E-state index contributed by atoms with van der Waals surface area (Å²) in [5.41, 5.74) is 2.18. The molecule has 0 bridgehead atoms. The van der Waals surface area contributed by atoms with Gasteiger partial charge in [-0.3, -0.25) is 0 Å². The van der Waals surface area contributed by atoms with Gasteiger partial charge in [0.05, 0.1) is 6.61 Å². The Hall–Kier alpha value is -1.02. The van der Waals surface area contributed by atoms with Crippen molar-refractivity contribution >= 4 is 5.69 Å². The van der Waals surface area contributed by atoms with Gasteiger partial charge in [-0.2, -0.15) is 0 Å². The van der Waals surface area contributed by atoms with E-state index >= 15 is 0 Å². The molecule has 2 atom stereocenters. The van der Waals surface area contributed by atoms with Gasteiger partial charge >= 0.3 is 0 Å². The van der Waals surface area contributed by atoms with Crippen LogP contribution in [0, 0.1) is 11.8 Å². The Morgan fingerprint density at radius 2 is 1.62 bits per heavy atom. The second-order valence-electron chi connectivity index (χ2n) is 6.91. The molecule has 2 heteroatoms. The number of rotatable bonds is 4. The van der Waals surface area contributed by atoms with E-state index in [4.69, 9.17) is 0 Å². The first-order valence-corrected chi connectivity index (χ1v) is 8.84. The van der Waals surface area contributed by atoms with Crippen molar-refractivity contribution in [1.29, 1.82) is 0 Å². The van der Waals surface area contributed by atoms with Gasteiger partial charge in [0.15, 0.2) is 0 Å². The predicted octanol–water partition coefficient (Wildman–Crippen LogP) is 4.73. The summed E-state index contributed by atoms with van der Waals surface area (Å²) in [4.78, 5) is 0. The number of benzene rings is 1. The molecule has 21 heavy (non-hydrogen) atoms. The predicted molar refractivity (Wildman–Crippen MR) is 88.3 cm³/mol. The number of hydrogen-bond donors (Lipinski definition) is 2. The minimum Gasteiger partial charge on any atom is -0.392 e. The Kier molecular flexibility index (Phi) is 5.18. The van der Waals surface area contributed by atoms with Gasteiger partial charge in [-0.1, -0.05) is 63.1 Å². The minimum absolute atomic E-state index is 0.129. The van der Waals surface area contributed by atoms with Crippen LogP contribution in [-0.4, -0.2) is 11.1 Å². The topological polar surface area (TPSA) is 32.3 Å². The highest BCUT2D eigenvalue weighted by Crippen LogP contribution is 2.39. The van der Waals surface area contributed by atoms with E-state index in [-0.39, 0.29) is 6.61 Å². The molecule has 116 valence electrons. The molecule has 1 aromatic rings. The minimum atomic E-state index is 0.129. The number of nitrogens with one attached hydrogen (secondary N) is 1. The maximum atomic E-state index is 9.52. The van der Waals surface area contributed by atoms with Gasteiger partial charge in [0.1, 0.15) is 0 Å². The molecule has 2 N–H and O–H groups in total. The van der Waals surface area contributed by atoms with Gasteiger partial charge in [0.2, 0.25) is 0 Å². The normalized spacial score (nSPS) is 27.5. The van der Waals surface area contributed by atoms with Crippen LogP contribution in [0.5, 0.6) is 0 Å². The Morgan fingerprint density at radius 1 is 0.905 bits per heavy atom. The van der Waals surface area contributed by atoms with E-state index in [2.05, 4.69) is 17.4 Å². The Bertz CT molecular complexity index is 439. The van der Waals surface area contributed by atoms with E-state index in [0.29, 0.717) is 6.04 Å². The molecule has 2 saturated carbocycles. The first-order valence-electron chi connectivity index (χ1n) is 8.84. The van der Waals surface area contributed by atoms with Crippen molar-refractivity contribution in [2.45, 2.75) is 70.4 Å². The lowest BCUT2D eigenvalue weighted by atomic mass is 9.71. The van der Waals surface area contributed by atoms with Crippen molar-refractivity contribution in [3.05, 3.63) is 29.8 Å². The van der Waals surface area contributed by atoms with E-state index in [9.17, 15) is 5.11 Å². The summed E-state index contributed by atoms with van der Waals surface area (Å²) in [6.45, 7) is 0.129. The number of aliphatic hydroxyl groups is 1. The van der Waals surface area contributed by atoms with Crippen LogP contribution in [-0.2, 0) is 6.61 Å². The molecule has 3 rings (SSSR count). The molecule has 0 radical (unpaired) electrons. The smallest absolute Gasteiger partial charge is 0.0701 e. The molecule has 1 aromatic carbocycles. The molecule has 0 amide bonds. The Morgan fingerprint density at radius 3 is 2.43 bits per heavy atom. The van der Waals surface area contributed by atoms with Crippen LogP contribution >= 0.6 is 0 Å². The molecule has 2 nitrogen and oxygen atoms in total. The zero-order valence-electron chi connectivity index (χ0n) is 13.1. The highest BCUT2D eigenvalue weighted by molar-refractivity contribution is 5.51. The lowest BCUT2D eigenvalue weighted by Gasteiger charge is -2.40. The van der Waals surface area contributed by atoms with E-state index in [1.165, 1.54) is 57.8 Å². The maximum absolute atomic E-state index is 9.52. The lowest BCUT2D eigenvalue weighted by Crippen LogP contribution is -2.37. The molecular formula is C19H29NO. The lowest BCUT2D eigenvalue weighted by molar-refractivity contribution is 0.180. The van der Waals surface area contributed by atoms with Crippen LogP contribution in [0.2, 0.25) is 0 Å². The van der Waals surface area contributed by atoms with Gasteiger partial charge in [-0.05, 0) is 30.7 Å². The summed E-state index contributed by atoms with van der Waals surface area (Å²) in [5.74, 6) is 1.77. The first kappa shape index (κ1) is 14.9. The zero-order chi connectivity index (χ0) is 14.5. The van der Waals surface area contributed by atoms with E-state index in [1.807, 2.05) is 12.1 Å². The van der Waals surface area contributed by atoms with Crippen molar-refractivity contribution in [1.82, 2.24) is 0 Å². The third-order valence-corrected chi connectivity index (χ3v) is 5.60. The largest absolute Gasteiger partial charge is 0.392 e. The molecule has 0 spiro atoms. The zero-order valence-corrected chi connectivity index (χ0v) is 13.1. The summed E-state index contributed by atoms with van der Waals surface area (Å²) in [7, 11) is 0. The van der Waals surface area contributed by atoms with Gasteiger partial charge in [0, 0.05) is 17.3 Å². The third kappa shape index (κ3) is 3.60. The summed E-state index contributed by atoms with van der Waals surface area (Å²) >= 11 is 0. The van der Waals surface area contributed by atoms with Gasteiger partial charge in [-0.15, -0.1) is 0 Å². The van der Waals surface area contributed by atoms with E-state index in [1.54, 1.807) is 0 Å². The summed E-state index contributed by atoms with van der Waals surface area (Å²) in [6.07, 6.45) is 12.6. The Labute approximate surface area is 129 Å². The quantitative estimate of drug-likeness (QED) is 0.839. The molecule has 0 aliphatic heterocycles. The van der Waals surface area contributed by atoms with Crippen molar-refractivity contribution in [2.75, 3.05) is 5.32 Å². The molecule has 0 heterocycles. The van der Waals surface area contributed by atoms with Crippen molar-refractivity contribution in [3.8, 4) is 0 Å². The highest BCUT2D eigenvalue weighted by atomic mass is 16.3. The number of para-hydroxylation sites is 1. The summed E-state index contributed by atoms with van der Waals surface area (Å²) in [5, 5.41) is 13.3. The van der Waals surface area contributed by atoms with E-state index in [0.717, 1.165) is 23.1 Å². The molecule has 2 aliphatic carbocycles. The van der Waals surface area contributed by atoms with Gasteiger partial charge in [-0.25, -0.2) is 0 Å². The van der Waals surface area contributed by atoms with Gasteiger partial charge < -0.3 is 10.4 Å². The number of aliphatic hydroxyl groups excluding tert-OH is 1. The van der Waals surface area contributed by atoms with Crippen molar-refractivity contribution in [3.63, 3.8) is 0 Å².